The molecule has 0 aromatic carbocycles. The highest BCUT2D eigenvalue weighted by Gasteiger charge is 2.43. The maximum atomic E-state index is 11.0. The number of rotatable bonds is 2. The highest BCUT2D eigenvalue weighted by molar-refractivity contribution is 5.95. The Morgan fingerprint density at radius 3 is 2.75 bits per heavy atom. The molecule has 5 heteroatoms. The van der Waals surface area contributed by atoms with Crippen molar-refractivity contribution in [2.24, 2.45) is 0 Å². The molecular formula is C7H10O5. The predicted molar refractivity (Wildman–Crippen MR) is 38.3 cm³/mol. The molecule has 2 unspecified atom stereocenters. The number of ether oxygens (including phenoxy) is 1. The average Bonchev–Trinajstić information content (AvgIpc) is 2.33. The highest BCUT2D eigenvalue weighted by atomic mass is 16.6. The topological polar surface area (TPSA) is 87.0 Å². The molecule has 3 N–H and O–H groups in total. The molecule has 0 spiro atoms. The van der Waals surface area contributed by atoms with Gasteiger partial charge in [0, 0.05) is 12.5 Å². The summed E-state index contributed by atoms with van der Waals surface area (Å²) in [5.41, 5.74) is 0. The van der Waals surface area contributed by atoms with Crippen LogP contribution in [0, 0.1) is 0 Å². The quantitative estimate of drug-likeness (QED) is 0.373. The highest BCUT2D eigenvalue weighted by Crippen LogP contribution is 2.24. The van der Waals surface area contributed by atoms with E-state index in [1.807, 2.05) is 0 Å². The van der Waals surface area contributed by atoms with Gasteiger partial charge in [0.1, 0.15) is 0 Å². The van der Waals surface area contributed by atoms with E-state index in [-0.39, 0.29) is 13.0 Å². The first-order chi connectivity index (χ1) is 5.58. The second-order valence-electron chi connectivity index (χ2n) is 2.63. The van der Waals surface area contributed by atoms with E-state index in [2.05, 4.69) is 4.74 Å². The van der Waals surface area contributed by atoms with Crippen molar-refractivity contribution < 1.29 is 24.9 Å². The van der Waals surface area contributed by atoms with Gasteiger partial charge in [-0.15, -0.1) is 0 Å². The molecule has 0 aliphatic carbocycles. The number of aliphatic hydroxyl groups is 3. The van der Waals surface area contributed by atoms with Gasteiger partial charge in [0.15, 0.2) is 0 Å². The molecule has 1 heterocycles. The third kappa shape index (κ3) is 1.63. The van der Waals surface area contributed by atoms with Gasteiger partial charge in [-0.3, -0.25) is 4.79 Å². The van der Waals surface area contributed by atoms with E-state index in [0.29, 0.717) is 6.26 Å². The molecule has 1 rings (SSSR count). The van der Waals surface area contributed by atoms with Crippen molar-refractivity contribution in [3.8, 4) is 0 Å². The van der Waals surface area contributed by atoms with Crippen molar-refractivity contribution in [1.29, 1.82) is 0 Å². The molecule has 1 fully saturated rings. The Bertz CT molecular complexity index is 212. The minimum Gasteiger partial charge on any atom is -0.515 e. The lowest BCUT2D eigenvalue weighted by Gasteiger charge is -2.16. The van der Waals surface area contributed by atoms with E-state index >= 15 is 0 Å². The molecule has 0 aromatic rings. The maximum Gasteiger partial charge on any atom is 0.233 e. The van der Waals surface area contributed by atoms with Gasteiger partial charge in [-0.2, -0.15) is 0 Å². The minimum atomic E-state index is -1.96. The Labute approximate surface area is 68.9 Å². The monoisotopic (exact) mass is 174 g/mol. The van der Waals surface area contributed by atoms with Crippen LogP contribution in [0.3, 0.4) is 0 Å². The summed E-state index contributed by atoms with van der Waals surface area (Å²) in [6, 6.07) is 0. The third-order valence-corrected chi connectivity index (χ3v) is 1.64. The zero-order valence-corrected chi connectivity index (χ0v) is 6.30. The van der Waals surface area contributed by atoms with Crippen molar-refractivity contribution in [2.75, 3.05) is 6.61 Å². The first-order valence-corrected chi connectivity index (χ1v) is 3.48. The summed E-state index contributed by atoms with van der Waals surface area (Å²) in [7, 11) is 0. The fourth-order valence-electron chi connectivity index (χ4n) is 1.04. The minimum absolute atomic E-state index is 0.0679. The van der Waals surface area contributed by atoms with Gasteiger partial charge in [0.25, 0.3) is 0 Å². The molecule has 68 valence electrons. The summed E-state index contributed by atoms with van der Waals surface area (Å²) in [4.78, 5) is 11.0. The van der Waals surface area contributed by atoms with E-state index in [9.17, 15) is 9.90 Å². The van der Waals surface area contributed by atoms with Crippen LogP contribution < -0.4 is 0 Å². The van der Waals surface area contributed by atoms with Gasteiger partial charge in [-0.05, 0) is 0 Å². The molecule has 5 nitrogen and oxygen atoms in total. The molecule has 0 aromatic heterocycles. The van der Waals surface area contributed by atoms with Crippen LogP contribution in [0.1, 0.15) is 6.42 Å². The predicted octanol–water partition coefficient (Wildman–Crippen LogP) is -0.903. The molecule has 2 atom stereocenters. The number of aliphatic hydroxyl groups excluding tert-OH is 2. The molecule has 0 bridgehead atoms. The first-order valence-electron chi connectivity index (χ1n) is 3.48. The van der Waals surface area contributed by atoms with Crippen LogP contribution >= 0.6 is 0 Å². The normalized spacial score (nSPS) is 36.0. The lowest BCUT2D eigenvalue weighted by molar-refractivity contribution is -0.181. The lowest BCUT2D eigenvalue weighted by Crippen LogP contribution is -2.36. The fraction of sp³-hybridized carbons (Fsp3) is 0.571. The molecule has 0 radical (unpaired) electrons. The zero-order chi connectivity index (χ0) is 9.19. The van der Waals surface area contributed by atoms with Gasteiger partial charge >= 0.3 is 0 Å². The van der Waals surface area contributed by atoms with Gasteiger partial charge in [0.05, 0.1) is 19.0 Å². The number of carbonyl (C=O) groups is 1. The number of ketones is 1. The van der Waals surface area contributed by atoms with Crippen LogP contribution in [0.25, 0.3) is 0 Å². The van der Waals surface area contributed by atoms with E-state index < -0.39 is 17.7 Å². The van der Waals surface area contributed by atoms with E-state index in [0.717, 1.165) is 6.08 Å². The summed E-state index contributed by atoms with van der Waals surface area (Å²) >= 11 is 0. The second-order valence-corrected chi connectivity index (χ2v) is 2.63. The van der Waals surface area contributed by atoms with Crippen molar-refractivity contribution in [3.05, 3.63) is 12.3 Å². The standard InChI is InChI=1S/C7H10O5/c8-2-1-6(10)7(11)3-5(9)4-12-7/h1-2,5,8-9,11H,3-4H2/b2-1+. The number of carbonyl (C=O) groups excluding carboxylic acids is 1. The van der Waals surface area contributed by atoms with Crippen molar-refractivity contribution in [2.45, 2.75) is 18.3 Å². The van der Waals surface area contributed by atoms with E-state index in [4.69, 9.17) is 10.2 Å². The van der Waals surface area contributed by atoms with Crippen LogP contribution in [0.15, 0.2) is 12.3 Å². The van der Waals surface area contributed by atoms with Crippen molar-refractivity contribution in [1.82, 2.24) is 0 Å². The summed E-state index contributed by atoms with van der Waals surface area (Å²) in [6.45, 7) is -0.0679. The summed E-state index contributed by atoms with van der Waals surface area (Å²) in [5.74, 6) is -2.72. The first kappa shape index (κ1) is 9.18. The fourth-order valence-corrected chi connectivity index (χ4v) is 1.04. The smallest absolute Gasteiger partial charge is 0.233 e. The van der Waals surface area contributed by atoms with E-state index in [1.54, 1.807) is 0 Å². The Balaban J connectivity index is 2.66. The van der Waals surface area contributed by atoms with Crippen LogP contribution in [0.5, 0.6) is 0 Å². The molecule has 0 amide bonds. The lowest BCUT2D eigenvalue weighted by atomic mass is 10.1. The Morgan fingerprint density at radius 1 is 1.67 bits per heavy atom. The zero-order valence-electron chi connectivity index (χ0n) is 6.30. The number of hydrogen-bond acceptors (Lipinski definition) is 5. The summed E-state index contributed by atoms with van der Waals surface area (Å²) < 4.78 is 4.66. The SMILES string of the molecule is O=C(/C=C/O)C1(O)CC(O)CO1. The van der Waals surface area contributed by atoms with Crippen molar-refractivity contribution >= 4 is 5.78 Å². The van der Waals surface area contributed by atoms with E-state index in [1.165, 1.54) is 0 Å². The molecule has 1 aliphatic heterocycles. The summed E-state index contributed by atoms with van der Waals surface area (Å²) in [6.07, 6.45) is 0.328. The van der Waals surface area contributed by atoms with Crippen LogP contribution in [-0.2, 0) is 9.53 Å². The molecule has 1 aliphatic rings. The summed E-state index contributed by atoms with van der Waals surface area (Å²) in [5, 5.41) is 26.6. The van der Waals surface area contributed by atoms with Crippen LogP contribution in [0.4, 0.5) is 0 Å². The van der Waals surface area contributed by atoms with Gasteiger partial charge in [-0.1, -0.05) is 0 Å². The second kappa shape index (κ2) is 3.22. The largest absolute Gasteiger partial charge is 0.515 e. The van der Waals surface area contributed by atoms with Gasteiger partial charge in [0.2, 0.25) is 11.6 Å². The van der Waals surface area contributed by atoms with Gasteiger partial charge in [-0.25, -0.2) is 0 Å². The molecule has 1 saturated heterocycles. The van der Waals surface area contributed by atoms with Crippen molar-refractivity contribution in [3.63, 3.8) is 0 Å². The Morgan fingerprint density at radius 2 is 2.33 bits per heavy atom. The Kier molecular flexibility index (Phi) is 2.46. The Hall–Kier alpha value is -0.910. The third-order valence-electron chi connectivity index (χ3n) is 1.64. The molecular weight excluding hydrogens is 164 g/mol. The maximum absolute atomic E-state index is 11.0. The molecule has 12 heavy (non-hydrogen) atoms. The van der Waals surface area contributed by atoms with Crippen LogP contribution in [-0.4, -0.2) is 39.6 Å². The molecule has 0 saturated carbocycles. The van der Waals surface area contributed by atoms with Gasteiger partial charge < -0.3 is 20.1 Å². The average molecular weight is 174 g/mol. The number of hydrogen-bond donors (Lipinski definition) is 3. The van der Waals surface area contributed by atoms with Crippen LogP contribution in [0.2, 0.25) is 0 Å².